The number of imidazole rings is 1. The summed E-state index contributed by atoms with van der Waals surface area (Å²) in [5.74, 6) is 0. The molecule has 15 heavy (non-hydrogen) atoms. The van der Waals surface area contributed by atoms with Crippen molar-refractivity contribution in [2.24, 2.45) is 0 Å². The molecular formula is C12H11N3. The first-order valence-electron chi connectivity index (χ1n) is 5.20. The fourth-order valence-corrected chi connectivity index (χ4v) is 2.24. The molecule has 0 saturated heterocycles. The van der Waals surface area contributed by atoms with Crippen LogP contribution in [0.5, 0.6) is 0 Å². The molecular weight excluding hydrogens is 186 g/mol. The number of nitrogens with zero attached hydrogens (tertiary/aromatic N) is 3. The summed E-state index contributed by atoms with van der Waals surface area (Å²) >= 11 is 0. The molecule has 3 nitrogen and oxygen atoms in total. The van der Waals surface area contributed by atoms with E-state index in [0.29, 0.717) is 0 Å². The molecule has 2 aromatic rings. The zero-order valence-corrected chi connectivity index (χ0v) is 8.35. The Balaban J connectivity index is 2.24. The van der Waals surface area contributed by atoms with Crippen molar-refractivity contribution in [2.45, 2.75) is 24.7 Å². The molecule has 3 heteroatoms. The zero-order valence-electron chi connectivity index (χ0n) is 8.35. The highest BCUT2D eigenvalue weighted by Crippen LogP contribution is 2.43. The van der Waals surface area contributed by atoms with Gasteiger partial charge in [0.15, 0.2) is 0 Å². The first kappa shape index (κ1) is 8.49. The molecule has 2 aromatic heterocycles. The van der Waals surface area contributed by atoms with Crippen LogP contribution in [0.25, 0.3) is 5.65 Å². The van der Waals surface area contributed by atoms with Gasteiger partial charge in [0, 0.05) is 6.20 Å². The minimum Gasteiger partial charge on any atom is -0.302 e. The van der Waals surface area contributed by atoms with Gasteiger partial charge in [-0.05, 0) is 31.4 Å². The molecule has 3 rings (SSSR count). The van der Waals surface area contributed by atoms with Crippen LogP contribution in [-0.2, 0) is 5.41 Å². The van der Waals surface area contributed by atoms with Crippen LogP contribution in [0, 0.1) is 11.3 Å². The lowest BCUT2D eigenvalue weighted by molar-refractivity contribution is 0.314. The Kier molecular flexibility index (Phi) is 1.60. The highest BCUT2D eigenvalue weighted by atomic mass is 15.0. The quantitative estimate of drug-likeness (QED) is 0.703. The van der Waals surface area contributed by atoms with Gasteiger partial charge in [0.1, 0.15) is 5.65 Å². The molecule has 0 aliphatic heterocycles. The average molecular weight is 197 g/mol. The highest BCUT2D eigenvalue weighted by molar-refractivity contribution is 5.44. The summed E-state index contributed by atoms with van der Waals surface area (Å²) in [6.07, 6.45) is 6.90. The third-order valence-corrected chi connectivity index (χ3v) is 3.33. The Labute approximate surface area is 88.0 Å². The molecule has 1 saturated carbocycles. The number of rotatable bonds is 1. The summed E-state index contributed by atoms with van der Waals surface area (Å²) in [5, 5.41) is 9.28. The van der Waals surface area contributed by atoms with Crippen molar-refractivity contribution in [2.75, 3.05) is 0 Å². The number of hydrogen-bond acceptors (Lipinski definition) is 2. The maximum absolute atomic E-state index is 9.28. The Bertz CT molecular complexity index is 543. The summed E-state index contributed by atoms with van der Waals surface area (Å²) in [4.78, 5) is 4.33. The van der Waals surface area contributed by atoms with E-state index in [4.69, 9.17) is 0 Å². The minimum absolute atomic E-state index is 0.277. The van der Waals surface area contributed by atoms with E-state index in [1.807, 2.05) is 35.0 Å². The Morgan fingerprint density at radius 2 is 2.27 bits per heavy atom. The monoisotopic (exact) mass is 197 g/mol. The molecule has 1 aliphatic rings. The van der Waals surface area contributed by atoms with Gasteiger partial charge < -0.3 is 4.40 Å². The molecule has 74 valence electrons. The van der Waals surface area contributed by atoms with E-state index in [9.17, 15) is 5.26 Å². The Hall–Kier alpha value is -1.82. The van der Waals surface area contributed by atoms with Gasteiger partial charge in [0.05, 0.1) is 23.4 Å². The predicted molar refractivity (Wildman–Crippen MR) is 56.3 cm³/mol. The molecule has 0 N–H and O–H groups in total. The molecule has 2 heterocycles. The molecule has 1 aliphatic carbocycles. The third-order valence-electron chi connectivity index (χ3n) is 3.33. The largest absolute Gasteiger partial charge is 0.302 e. The molecule has 0 bridgehead atoms. The van der Waals surface area contributed by atoms with Crippen molar-refractivity contribution in [1.29, 1.82) is 5.26 Å². The number of fused-ring (bicyclic) bond motifs is 1. The van der Waals surface area contributed by atoms with Crippen molar-refractivity contribution in [3.8, 4) is 6.07 Å². The summed E-state index contributed by atoms with van der Waals surface area (Å²) in [6, 6.07) is 8.35. The van der Waals surface area contributed by atoms with Crippen molar-refractivity contribution in [3.05, 3.63) is 36.3 Å². The van der Waals surface area contributed by atoms with Crippen molar-refractivity contribution in [3.63, 3.8) is 0 Å². The number of pyridine rings is 1. The number of nitriles is 1. The van der Waals surface area contributed by atoms with Gasteiger partial charge in [0.25, 0.3) is 0 Å². The third kappa shape index (κ3) is 1.02. The predicted octanol–water partition coefficient (Wildman–Crippen LogP) is 2.28. The first-order valence-corrected chi connectivity index (χ1v) is 5.20. The second kappa shape index (κ2) is 2.83. The van der Waals surface area contributed by atoms with Crippen molar-refractivity contribution < 1.29 is 0 Å². The molecule has 0 unspecified atom stereocenters. The molecule has 0 aromatic carbocycles. The van der Waals surface area contributed by atoms with E-state index in [0.717, 1.165) is 30.6 Å². The van der Waals surface area contributed by atoms with Crippen LogP contribution in [0.15, 0.2) is 30.6 Å². The van der Waals surface area contributed by atoms with Crippen LogP contribution < -0.4 is 0 Å². The van der Waals surface area contributed by atoms with Gasteiger partial charge in [-0.25, -0.2) is 4.98 Å². The average Bonchev–Trinajstić information content (AvgIpc) is 2.62. The van der Waals surface area contributed by atoms with E-state index in [-0.39, 0.29) is 5.41 Å². The van der Waals surface area contributed by atoms with Crippen LogP contribution >= 0.6 is 0 Å². The van der Waals surface area contributed by atoms with E-state index in [1.54, 1.807) is 0 Å². The topological polar surface area (TPSA) is 41.1 Å². The van der Waals surface area contributed by atoms with E-state index in [2.05, 4.69) is 11.1 Å². The lowest BCUT2D eigenvalue weighted by Gasteiger charge is -2.34. The fraction of sp³-hybridized carbons (Fsp3) is 0.333. The smallest absolute Gasteiger partial charge is 0.136 e. The second-order valence-corrected chi connectivity index (χ2v) is 4.12. The summed E-state index contributed by atoms with van der Waals surface area (Å²) in [7, 11) is 0. The van der Waals surface area contributed by atoms with Crippen molar-refractivity contribution in [1.82, 2.24) is 9.38 Å². The lowest BCUT2D eigenvalue weighted by Crippen LogP contribution is -2.33. The van der Waals surface area contributed by atoms with E-state index < -0.39 is 0 Å². The Morgan fingerprint density at radius 1 is 1.40 bits per heavy atom. The van der Waals surface area contributed by atoms with Gasteiger partial charge >= 0.3 is 0 Å². The minimum atomic E-state index is -0.277. The van der Waals surface area contributed by atoms with E-state index in [1.165, 1.54) is 0 Å². The molecule has 0 amide bonds. The van der Waals surface area contributed by atoms with Crippen LogP contribution in [0.1, 0.15) is 25.0 Å². The summed E-state index contributed by atoms with van der Waals surface area (Å²) in [5.41, 5.74) is 1.70. The Morgan fingerprint density at radius 3 is 2.93 bits per heavy atom. The van der Waals surface area contributed by atoms with Crippen LogP contribution in [-0.4, -0.2) is 9.38 Å². The standard InChI is InChI=1S/C12H11N3/c13-9-12(5-3-6-12)10-8-14-11-4-1-2-7-15(10)11/h1-2,4,7-8H,3,5-6H2. The molecule has 0 spiro atoms. The number of hydrogen-bond donors (Lipinski definition) is 0. The molecule has 1 fully saturated rings. The van der Waals surface area contributed by atoms with Crippen molar-refractivity contribution >= 4 is 5.65 Å². The van der Waals surface area contributed by atoms with Crippen LogP contribution in [0.3, 0.4) is 0 Å². The SMILES string of the molecule is N#CC1(c2cnc3ccccn23)CCC1. The zero-order chi connectivity index (χ0) is 10.3. The number of aromatic nitrogens is 2. The maximum Gasteiger partial charge on any atom is 0.136 e. The highest BCUT2D eigenvalue weighted by Gasteiger charge is 2.41. The summed E-state index contributed by atoms with van der Waals surface area (Å²) in [6.45, 7) is 0. The molecule has 0 atom stereocenters. The lowest BCUT2D eigenvalue weighted by atomic mass is 9.68. The van der Waals surface area contributed by atoms with Gasteiger partial charge in [0.2, 0.25) is 0 Å². The van der Waals surface area contributed by atoms with Crippen LogP contribution in [0.2, 0.25) is 0 Å². The molecule has 0 radical (unpaired) electrons. The van der Waals surface area contributed by atoms with Gasteiger partial charge in [-0.3, -0.25) is 0 Å². The first-order chi connectivity index (χ1) is 7.36. The summed E-state index contributed by atoms with van der Waals surface area (Å²) < 4.78 is 2.03. The van der Waals surface area contributed by atoms with Crippen LogP contribution in [0.4, 0.5) is 0 Å². The normalized spacial score (nSPS) is 18.3. The van der Waals surface area contributed by atoms with Gasteiger partial charge in [-0.1, -0.05) is 6.07 Å². The fourth-order valence-electron chi connectivity index (χ4n) is 2.24. The van der Waals surface area contributed by atoms with Gasteiger partial charge in [-0.2, -0.15) is 5.26 Å². The maximum atomic E-state index is 9.28. The second-order valence-electron chi connectivity index (χ2n) is 4.12. The van der Waals surface area contributed by atoms with Gasteiger partial charge in [-0.15, -0.1) is 0 Å². The van der Waals surface area contributed by atoms with E-state index >= 15 is 0 Å².